The number of esters is 6. The molecule has 0 radical (unpaired) electrons. The molecule has 0 N–H and O–H groups in total. The zero-order valence-electron chi connectivity index (χ0n) is 74.2. The smallest absolute Gasteiger partial charge is 0.312 e. The van der Waals surface area contributed by atoms with Crippen LogP contribution >= 0.6 is 0 Å². The normalized spacial score (nSPS) is 32.0. The van der Waals surface area contributed by atoms with E-state index in [4.69, 9.17) is 28.4 Å². The van der Waals surface area contributed by atoms with E-state index >= 15 is 0 Å². The van der Waals surface area contributed by atoms with Gasteiger partial charge in [0.05, 0.1) is 32.5 Å². The Morgan fingerprint density at radius 1 is 0.340 bits per heavy atom. The molecule has 13 rings (SSSR count). The highest BCUT2D eigenvalue weighted by molar-refractivity contribution is 5.78. The van der Waals surface area contributed by atoms with Gasteiger partial charge >= 0.3 is 35.8 Å². The second-order valence-corrected chi connectivity index (χ2v) is 43.6. The molecular weight excluding hydrogens is 1320 g/mol. The molecule has 13 aliphatic rings. The zero-order chi connectivity index (χ0) is 80.0. The van der Waals surface area contributed by atoms with Crippen LogP contribution in [-0.4, -0.2) is 69.4 Å². The Morgan fingerprint density at radius 2 is 0.660 bits per heavy atom. The SMILES string of the molecule is CCC(C)(C)C(=O)OC(C)(C)C12CC3CC(CC(C3)C1)C2.CCC(C)(C)C(=O)OC(C)(C)C1CC2CC1CC2C.CCC(C)(C)C(=O)OC(C)(C)C1CCC(C)CC1.CCC(C)(C)C(=O)OC1(C)C2CC3CC(C2)CC1C3.CCC(C)(C)C(=O)OC1(C)CCCC1.CCC(C)(C)C(=O)OC1(C)CCCCC1. The lowest BCUT2D eigenvalue weighted by Gasteiger charge is -2.61. The minimum Gasteiger partial charge on any atom is -0.459 e. The first kappa shape index (κ1) is 91.7. The van der Waals surface area contributed by atoms with Crippen LogP contribution in [0.3, 0.4) is 0 Å². The molecule has 10 bridgehead atoms. The zero-order valence-corrected chi connectivity index (χ0v) is 74.2. The van der Waals surface area contributed by atoms with Crippen molar-refractivity contribution in [2.75, 3.05) is 0 Å². The van der Waals surface area contributed by atoms with Crippen LogP contribution in [0.1, 0.15) is 413 Å². The number of carbonyl (C=O) groups is 6. The Kier molecular flexibility index (Phi) is 30.7. The van der Waals surface area contributed by atoms with Gasteiger partial charge in [-0.3, -0.25) is 28.8 Å². The summed E-state index contributed by atoms with van der Waals surface area (Å²) >= 11 is 0. The predicted molar refractivity (Wildman–Crippen MR) is 432 cm³/mol. The molecule has 614 valence electrons. The van der Waals surface area contributed by atoms with E-state index in [-0.39, 0.29) is 107 Å². The highest BCUT2D eigenvalue weighted by Gasteiger charge is 2.61. The lowest BCUT2D eigenvalue weighted by atomic mass is 9.46. The van der Waals surface area contributed by atoms with Gasteiger partial charge in [0.1, 0.15) is 33.6 Å². The number of hydrogen-bond acceptors (Lipinski definition) is 12. The topological polar surface area (TPSA) is 158 Å². The third-order valence-corrected chi connectivity index (χ3v) is 31.4. The Labute approximate surface area is 650 Å². The largest absolute Gasteiger partial charge is 0.459 e. The summed E-state index contributed by atoms with van der Waals surface area (Å²) in [7, 11) is 0. The van der Waals surface area contributed by atoms with Crippen LogP contribution < -0.4 is 0 Å². The van der Waals surface area contributed by atoms with Crippen LogP contribution in [0, 0.1) is 115 Å². The number of fused-ring (bicyclic) bond motifs is 2. The van der Waals surface area contributed by atoms with Gasteiger partial charge in [0.15, 0.2) is 0 Å². The number of hydrogen-bond donors (Lipinski definition) is 0. The minimum atomic E-state index is -0.362. The van der Waals surface area contributed by atoms with Crippen molar-refractivity contribution in [3.05, 3.63) is 0 Å². The van der Waals surface area contributed by atoms with Gasteiger partial charge in [0.2, 0.25) is 0 Å². The number of rotatable bonds is 21. The van der Waals surface area contributed by atoms with Crippen LogP contribution in [0.5, 0.6) is 0 Å². The van der Waals surface area contributed by atoms with Gasteiger partial charge in [0.25, 0.3) is 0 Å². The van der Waals surface area contributed by atoms with E-state index in [2.05, 4.69) is 90.0 Å². The second-order valence-electron chi connectivity index (χ2n) is 43.6. The fraction of sp³-hybridized carbons (Fsp3) is 0.936. The maximum Gasteiger partial charge on any atom is 0.312 e. The second kappa shape index (κ2) is 35.5. The standard InChI is InChI=1S/C19H32O2.C17H28O2.C17H30O2.C16H30O2.C13H24O2.C12H22O2/c1-6-17(2,3)16(20)21-18(4,5)19-10-13-7-14(11-19)9-15(8-13)12-19;1-5-16(2,3)15(18)19-17(4)13-7-11-6-12(9-13)10-14(17)8-11;1-7-16(3,4)15(18)19-17(5,6)14-10-12-9-13(14)8-11(12)2;1-7-15(3,4)14(17)18-16(5,6)13-10-8-12(2)9-11-13;1-5-12(2,3)11(14)15-13(4)9-7-6-8-10-13;1-5-11(2,3)10(13)14-12(4)8-6-7-9-12/h13-15H,6-12H2,1-5H3;11-14H,5-10H2,1-4H3;11-14H,7-10H2,1-6H3;12-13H,7-11H2,1-6H3;5-10H2,1-4H3;5-9H2,1-4H3. The summed E-state index contributed by atoms with van der Waals surface area (Å²) in [6.07, 6.45) is 38.8. The van der Waals surface area contributed by atoms with Crippen LogP contribution in [0.2, 0.25) is 0 Å². The first-order valence-electron chi connectivity index (χ1n) is 44.1. The fourth-order valence-corrected chi connectivity index (χ4v) is 20.5. The molecule has 13 aliphatic carbocycles. The number of ether oxygens (including phenoxy) is 6. The average molecular weight is 1490 g/mol. The summed E-state index contributed by atoms with van der Waals surface area (Å²) in [5.74, 6) is 10.1. The third-order valence-electron chi connectivity index (χ3n) is 31.4. The summed E-state index contributed by atoms with van der Waals surface area (Å²) in [5.41, 5.74) is -3.30. The molecule has 13 fully saturated rings. The van der Waals surface area contributed by atoms with E-state index in [0.717, 1.165) is 117 Å². The Morgan fingerprint density at radius 3 is 1.00 bits per heavy atom. The minimum absolute atomic E-state index is 0.00857. The fourth-order valence-electron chi connectivity index (χ4n) is 20.5. The molecule has 0 heterocycles. The first-order chi connectivity index (χ1) is 48.7. The molecule has 0 aromatic heterocycles. The quantitative estimate of drug-likeness (QED) is 0.0792. The van der Waals surface area contributed by atoms with Gasteiger partial charge in [-0.1, -0.05) is 74.7 Å². The molecule has 0 amide bonds. The van der Waals surface area contributed by atoms with Crippen molar-refractivity contribution in [3.8, 4) is 0 Å². The van der Waals surface area contributed by atoms with E-state index in [0.29, 0.717) is 23.7 Å². The highest BCUT2D eigenvalue weighted by Crippen LogP contribution is 2.65. The third kappa shape index (κ3) is 22.8. The molecule has 4 unspecified atom stereocenters. The van der Waals surface area contributed by atoms with E-state index in [9.17, 15) is 28.8 Å². The molecule has 12 nitrogen and oxygen atoms in total. The van der Waals surface area contributed by atoms with Crippen molar-refractivity contribution < 1.29 is 57.2 Å². The van der Waals surface area contributed by atoms with Crippen molar-refractivity contribution in [2.24, 2.45) is 115 Å². The molecule has 106 heavy (non-hydrogen) atoms. The molecule has 0 spiro atoms. The lowest BCUT2D eigenvalue weighted by Crippen LogP contribution is -2.58. The molecule has 0 saturated heterocycles. The van der Waals surface area contributed by atoms with Crippen LogP contribution in [0.15, 0.2) is 0 Å². The van der Waals surface area contributed by atoms with Gasteiger partial charge < -0.3 is 28.4 Å². The van der Waals surface area contributed by atoms with Gasteiger partial charge in [-0.05, 0) is 409 Å². The summed E-state index contributed by atoms with van der Waals surface area (Å²) in [5, 5.41) is 0. The maximum absolute atomic E-state index is 12.6. The van der Waals surface area contributed by atoms with Crippen molar-refractivity contribution in [2.45, 2.75) is 446 Å². The van der Waals surface area contributed by atoms with Gasteiger partial charge in [0, 0.05) is 11.3 Å². The van der Waals surface area contributed by atoms with Crippen molar-refractivity contribution >= 4 is 35.8 Å². The van der Waals surface area contributed by atoms with Gasteiger partial charge in [-0.25, -0.2) is 0 Å². The van der Waals surface area contributed by atoms with Crippen LogP contribution in [0.4, 0.5) is 0 Å². The maximum atomic E-state index is 12.6. The van der Waals surface area contributed by atoms with E-state index in [1.807, 2.05) is 111 Å². The molecule has 4 atom stereocenters. The monoisotopic (exact) mass is 1490 g/mol. The predicted octanol–water partition coefficient (Wildman–Crippen LogP) is 25.1. The van der Waals surface area contributed by atoms with Gasteiger partial charge in [-0.15, -0.1) is 0 Å². The highest BCUT2D eigenvalue weighted by atomic mass is 16.6. The molecule has 0 aliphatic heterocycles. The number of carbonyl (C=O) groups excluding carboxylic acids is 6. The Hall–Kier alpha value is -3.18. The molecule has 0 aromatic carbocycles. The molecule has 0 aromatic rings. The lowest BCUT2D eigenvalue weighted by molar-refractivity contribution is -0.211. The van der Waals surface area contributed by atoms with E-state index in [1.54, 1.807) is 0 Å². The molecular formula is C94H166O12. The summed E-state index contributed by atoms with van der Waals surface area (Å²) < 4.78 is 35.3. The summed E-state index contributed by atoms with van der Waals surface area (Å²) in [6, 6.07) is 0. The van der Waals surface area contributed by atoms with Crippen molar-refractivity contribution in [1.82, 2.24) is 0 Å². The van der Waals surface area contributed by atoms with E-state index in [1.165, 1.54) is 148 Å². The van der Waals surface area contributed by atoms with Crippen LogP contribution in [-0.2, 0) is 57.2 Å². The van der Waals surface area contributed by atoms with E-state index < -0.39 is 0 Å². The van der Waals surface area contributed by atoms with Crippen LogP contribution in [0.25, 0.3) is 0 Å². The Bertz CT molecular complexity index is 2810. The van der Waals surface area contributed by atoms with Crippen molar-refractivity contribution in [1.29, 1.82) is 0 Å². The molecule has 13 saturated carbocycles. The summed E-state index contributed by atoms with van der Waals surface area (Å²) in [4.78, 5) is 73.3. The van der Waals surface area contributed by atoms with Crippen molar-refractivity contribution in [3.63, 3.8) is 0 Å². The summed E-state index contributed by atoms with van der Waals surface area (Å²) in [6.45, 7) is 59.8. The molecule has 12 heteroatoms. The van der Waals surface area contributed by atoms with Gasteiger partial charge in [-0.2, -0.15) is 0 Å². The first-order valence-corrected chi connectivity index (χ1v) is 44.1. The Balaban J connectivity index is 0.000000200. The average Bonchev–Trinajstić information content (AvgIpc) is 0.785.